The van der Waals surface area contributed by atoms with Crippen LogP contribution in [-0.4, -0.2) is 88.5 Å². The van der Waals surface area contributed by atoms with Crippen LogP contribution in [0.2, 0.25) is 0 Å². The van der Waals surface area contributed by atoms with Crippen LogP contribution in [0, 0.1) is 0 Å². The molecule has 1 aromatic rings. The summed E-state index contributed by atoms with van der Waals surface area (Å²) >= 11 is 0. The fourth-order valence-corrected chi connectivity index (χ4v) is 5.46. The maximum Gasteiger partial charge on any atom is 0.246 e. The molecule has 0 atom stereocenters. The van der Waals surface area contributed by atoms with Gasteiger partial charge in [-0.3, -0.25) is 9.69 Å². The summed E-state index contributed by atoms with van der Waals surface area (Å²) in [6, 6.07) is 4.76. The fraction of sp³-hybridized carbons (Fsp3) is 0.650. The van der Waals surface area contributed by atoms with E-state index in [1.54, 1.807) is 12.1 Å². The van der Waals surface area contributed by atoms with Gasteiger partial charge in [0.25, 0.3) is 0 Å². The molecule has 0 unspecified atom stereocenters. The number of carbonyl (C=O) groups is 1. The molecular formula is C20H31N3O5S. The Morgan fingerprint density at radius 2 is 1.59 bits per heavy atom. The minimum atomic E-state index is -3.71. The molecule has 0 radical (unpaired) electrons. The number of nitrogens with zero attached hydrogens (tertiary/aromatic N) is 3. The quantitative estimate of drug-likeness (QED) is 0.686. The third kappa shape index (κ3) is 5.21. The number of benzene rings is 1. The average molecular weight is 426 g/mol. The third-order valence-electron chi connectivity index (χ3n) is 5.64. The van der Waals surface area contributed by atoms with Gasteiger partial charge in [-0.05, 0) is 25.0 Å². The molecule has 0 N–H and O–H groups in total. The summed E-state index contributed by atoms with van der Waals surface area (Å²) in [5.41, 5.74) is 0. The van der Waals surface area contributed by atoms with Gasteiger partial charge < -0.3 is 14.4 Å². The van der Waals surface area contributed by atoms with Gasteiger partial charge in [-0.2, -0.15) is 4.31 Å². The Morgan fingerprint density at radius 1 is 0.931 bits per heavy atom. The molecular weight excluding hydrogens is 394 g/mol. The summed E-state index contributed by atoms with van der Waals surface area (Å²) in [5.74, 6) is 0.910. The molecule has 1 aromatic carbocycles. The Bertz CT molecular complexity index is 798. The smallest absolute Gasteiger partial charge is 0.246 e. The van der Waals surface area contributed by atoms with Crippen molar-refractivity contribution in [1.29, 1.82) is 0 Å². The number of hydrogen-bond acceptors (Lipinski definition) is 6. The summed E-state index contributed by atoms with van der Waals surface area (Å²) < 4.78 is 38.2. The molecule has 0 aromatic heterocycles. The molecule has 2 heterocycles. The van der Waals surface area contributed by atoms with Crippen LogP contribution in [0.5, 0.6) is 11.5 Å². The lowest BCUT2D eigenvalue weighted by molar-refractivity contribution is -0.132. The zero-order chi connectivity index (χ0) is 20.9. The number of ether oxygens (including phenoxy) is 2. The number of amides is 1. The molecule has 2 fully saturated rings. The van der Waals surface area contributed by atoms with Crippen LogP contribution in [0.25, 0.3) is 0 Å². The molecule has 0 aliphatic carbocycles. The van der Waals surface area contributed by atoms with Gasteiger partial charge >= 0.3 is 0 Å². The third-order valence-corrected chi connectivity index (χ3v) is 7.56. The normalized spacial score (nSPS) is 19.6. The molecule has 0 spiro atoms. The van der Waals surface area contributed by atoms with Gasteiger partial charge in [-0.15, -0.1) is 0 Å². The number of carbonyl (C=O) groups excluding carboxylic acids is 1. The van der Waals surface area contributed by atoms with Crippen LogP contribution in [0.4, 0.5) is 0 Å². The summed E-state index contributed by atoms with van der Waals surface area (Å²) in [6.45, 7) is 3.78. The number of hydrogen-bond donors (Lipinski definition) is 0. The van der Waals surface area contributed by atoms with Crippen molar-refractivity contribution in [3.05, 3.63) is 18.2 Å². The first-order valence-electron chi connectivity index (χ1n) is 10.2. The van der Waals surface area contributed by atoms with Crippen molar-refractivity contribution in [2.45, 2.75) is 30.6 Å². The molecule has 2 aliphatic rings. The van der Waals surface area contributed by atoms with E-state index in [4.69, 9.17) is 9.47 Å². The highest BCUT2D eigenvalue weighted by molar-refractivity contribution is 7.89. The minimum Gasteiger partial charge on any atom is -0.497 e. The van der Waals surface area contributed by atoms with E-state index in [-0.39, 0.29) is 10.8 Å². The Kier molecular flexibility index (Phi) is 7.37. The van der Waals surface area contributed by atoms with E-state index in [9.17, 15) is 13.2 Å². The number of likely N-dealkylation sites (tertiary alicyclic amines) is 1. The first-order chi connectivity index (χ1) is 14.0. The first kappa shape index (κ1) is 21.9. The monoisotopic (exact) mass is 425 g/mol. The molecule has 8 nitrogen and oxygen atoms in total. The minimum absolute atomic E-state index is 0.105. The first-order valence-corrected chi connectivity index (χ1v) is 11.6. The lowest BCUT2D eigenvalue weighted by Gasteiger charge is -2.34. The Balaban J connectivity index is 1.62. The van der Waals surface area contributed by atoms with Crippen LogP contribution >= 0.6 is 0 Å². The maximum absolute atomic E-state index is 13.1. The second kappa shape index (κ2) is 9.77. The van der Waals surface area contributed by atoms with Gasteiger partial charge in [0.15, 0.2) is 0 Å². The Labute approximate surface area is 173 Å². The SMILES string of the molecule is COc1ccc(OC)c(S(=O)(=O)N2CCN(CC(=O)N3CCCCCC3)CC2)c1. The molecule has 0 bridgehead atoms. The van der Waals surface area contributed by atoms with E-state index in [0.29, 0.717) is 44.2 Å². The predicted molar refractivity (Wildman–Crippen MR) is 110 cm³/mol. The zero-order valence-electron chi connectivity index (χ0n) is 17.3. The van der Waals surface area contributed by atoms with E-state index in [1.807, 2.05) is 9.80 Å². The molecule has 0 saturated carbocycles. The van der Waals surface area contributed by atoms with E-state index in [2.05, 4.69) is 0 Å². The Morgan fingerprint density at radius 3 is 2.17 bits per heavy atom. The standard InChI is InChI=1S/C20H31N3O5S/c1-27-17-7-8-18(28-2)19(15-17)29(25,26)23-13-11-21(12-14-23)16-20(24)22-9-5-3-4-6-10-22/h7-8,15H,3-6,9-14,16H2,1-2H3. The molecule has 29 heavy (non-hydrogen) atoms. The van der Waals surface area contributed by atoms with Crippen molar-refractivity contribution in [2.24, 2.45) is 0 Å². The largest absolute Gasteiger partial charge is 0.497 e. The molecule has 9 heteroatoms. The topological polar surface area (TPSA) is 79.4 Å². The van der Waals surface area contributed by atoms with Crippen LogP contribution in [-0.2, 0) is 14.8 Å². The van der Waals surface area contributed by atoms with E-state index < -0.39 is 10.0 Å². The van der Waals surface area contributed by atoms with Crippen molar-refractivity contribution in [3.8, 4) is 11.5 Å². The average Bonchev–Trinajstić information content (AvgIpc) is 3.03. The van der Waals surface area contributed by atoms with E-state index >= 15 is 0 Å². The van der Waals surface area contributed by atoms with Gasteiger partial charge in [-0.1, -0.05) is 12.8 Å². The molecule has 2 aliphatic heterocycles. The zero-order valence-corrected chi connectivity index (χ0v) is 18.1. The van der Waals surface area contributed by atoms with Crippen molar-refractivity contribution >= 4 is 15.9 Å². The number of rotatable bonds is 6. The predicted octanol–water partition coefficient (Wildman–Crippen LogP) is 1.41. The lowest BCUT2D eigenvalue weighted by atomic mass is 10.2. The number of methoxy groups -OCH3 is 2. The highest BCUT2D eigenvalue weighted by Crippen LogP contribution is 2.31. The maximum atomic E-state index is 13.1. The summed E-state index contributed by atoms with van der Waals surface area (Å²) in [5, 5.41) is 0. The van der Waals surface area contributed by atoms with E-state index in [1.165, 1.54) is 37.4 Å². The Hall–Kier alpha value is -1.84. The van der Waals surface area contributed by atoms with Crippen LogP contribution in [0.3, 0.4) is 0 Å². The number of piperazine rings is 1. The highest BCUT2D eigenvalue weighted by Gasteiger charge is 2.32. The van der Waals surface area contributed by atoms with Crippen molar-refractivity contribution in [1.82, 2.24) is 14.1 Å². The second-order valence-electron chi connectivity index (χ2n) is 7.49. The van der Waals surface area contributed by atoms with Gasteiger partial charge in [0.2, 0.25) is 15.9 Å². The van der Waals surface area contributed by atoms with Crippen LogP contribution < -0.4 is 9.47 Å². The lowest BCUT2D eigenvalue weighted by Crippen LogP contribution is -2.51. The summed E-state index contributed by atoms with van der Waals surface area (Å²) in [4.78, 5) is 16.7. The van der Waals surface area contributed by atoms with Crippen molar-refractivity contribution in [3.63, 3.8) is 0 Å². The molecule has 2 saturated heterocycles. The molecule has 3 rings (SSSR count). The summed E-state index contributed by atoms with van der Waals surface area (Å²) in [7, 11) is -0.758. The van der Waals surface area contributed by atoms with E-state index in [0.717, 1.165) is 25.9 Å². The van der Waals surface area contributed by atoms with Gasteiger partial charge in [-0.25, -0.2) is 8.42 Å². The van der Waals surface area contributed by atoms with Gasteiger partial charge in [0.1, 0.15) is 16.4 Å². The number of sulfonamides is 1. The summed E-state index contributed by atoms with van der Waals surface area (Å²) in [6.07, 6.45) is 4.52. The van der Waals surface area contributed by atoms with Crippen molar-refractivity contribution < 1.29 is 22.7 Å². The van der Waals surface area contributed by atoms with Gasteiger partial charge in [0, 0.05) is 45.3 Å². The highest BCUT2D eigenvalue weighted by atomic mass is 32.2. The van der Waals surface area contributed by atoms with Crippen LogP contribution in [0.1, 0.15) is 25.7 Å². The molecule has 1 amide bonds. The second-order valence-corrected chi connectivity index (χ2v) is 9.40. The van der Waals surface area contributed by atoms with Crippen LogP contribution in [0.15, 0.2) is 23.1 Å². The molecule has 162 valence electrons. The van der Waals surface area contributed by atoms with Gasteiger partial charge in [0.05, 0.1) is 20.8 Å². The van der Waals surface area contributed by atoms with Crippen molar-refractivity contribution in [2.75, 3.05) is 60.0 Å². The fourth-order valence-electron chi connectivity index (χ4n) is 3.86.